The van der Waals surface area contributed by atoms with Crippen LogP contribution in [0.3, 0.4) is 0 Å². The van der Waals surface area contributed by atoms with Crippen LogP contribution in [-0.4, -0.2) is 5.91 Å². The average molecular weight is 305 g/mol. The largest absolute Gasteiger partial charge is 0.304 e. The number of benzene rings is 3. The summed E-state index contributed by atoms with van der Waals surface area (Å²) in [6.07, 6.45) is 0. The summed E-state index contributed by atoms with van der Waals surface area (Å²) in [6, 6.07) is 24.9. The average Bonchev–Trinajstić information content (AvgIpc) is 2.61. The number of nitrogens with zero attached hydrogens (tertiary/aromatic N) is 1. The third-order valence-corrected chi connectivity index (χ3v) is 3.57. The maximum atomic E-state index is 13.4. The first kappa shape index (κ1) is 15.0. The number of halogens is 1. The fourth-order valence-corrected chi connectivity index (χ4v) is 2.43. The van der Waals surface area contributed by atoms with Gasteiger partial charge in [-0.05, 0) is 35.9 Å². The van der Waals surface area contributed by atoms with Crippen molar-refractivity contribution in [1.82, 2.24) is 0 Å². The first-order valence-corrected chi connectivity index (χ1v) is 7.40. The van der Waals surface area contributed by atoms with E-state index in [9.17, 15) is 9.18 Å². The summed E-state index contributed by atoms with van der Waals surface area (Å²) in [6.45, 7) is 0.431. The van der Waals surface area contributed by atoms with Crippen molar-refractivity contribution < 1.29 is 9.18 Å². The fourth-order valence-electron chi connectivity index (χ4n) is 2.43. The Kier molecular flexibility index (Phi) is 4.48. The molecule has 3 aromatic carbocycles. The molecule has 0 radical (unpaired) electrons. The molecule has 3 rings (SSSR count). The Labute approximate surface area is 134 Å². The van der Waals surface area contributed by atoms with Gasteiger partial charge in [-0.2, -0.15) is 0 Å². The highest BCUT2D eigenvalue weighted by Gasteiger charge is 2.18. The number of rotatable bonds is 4. The van der Waals surface area contributed by atoms with Crippen LogP contribution in [0, 0.1) is 5.82 Å². The van der Waals surface area contributed by atoms with Crippen LogP contribution in [0.25, 0.3) is 0 Å². The van der Waals surface area contributed by atoms with E-state index < -0.39 is 5.82 Å². The Morgan fingerprint density at radius 3 is 2.13 bits per heavy atom. The molecular weight excluding hydrogens is 289 g/mol. The molecule has 2 nitrogen and oxygen atoms in total. The molecule has 0 fully saturated rings. The zero-order valence-electron chi connectivity index (χ0n) is 12.5. The van der Waals surface area contributed by atoms with Gasteiger partial charge in [-0.3, -0.25) is 4.79 Å². The molecule has 0 aliphatic rings. The van der Waals surface area contributed by atoms with E-state index >= 15 is 0 Å². The molecule has 0 saturated heterocycles. The van der Waals surface area contributed by atoms with Crippen molar-refractivity contribution in [3.63, 3.8) is 0 Å². The zero-order valence-corrected chi connectivity index (χ0v) is 12.5. The van der Waals surface area contributed by atoms with Crippen LogP contribution in [-0.2, 0) is 6.54 Å². The molecule has 0 saturated carbocycles. The summed E-state index contributed by atoms with van der Waals surface area (Å²) < 4.78 is 13.4. The van der Waals surface area contributed by atoms with Crippen LogP contribution >= 0.6 is 0 Å². The van der Waals surface area contributed by atoms with Gasteiger partial charge in [-0.15, -0.1) is 0 Å². The van der Waals surface area contributed by atoms with E-state index in [1.807, 2.05) is 60.7 Å². The minimum atomic E-state index is -0.413. The maximum Gasteiger partial charge on any atom is 0.258 e. The van der Waals surface area contributed by atoms with Crippen molar-refractivity contribution in [2.45, 2.75) is 6.54 Å². The second kappa shape index (κ2) is 6.88. The second-order valence-electron chi connectivity index (χ2n) is 5.22. The number of carbonyl (C=O) groups excluding carboxylic acids is 1. The number of amides is 1. The summed E-state index contributed by atoms with van der Waals surface area (Å²) in [4.78, 5) is 14.5. The predicted octanol–water partition coefficient (Wildman–Crippen LogP) is 4.67. The lowest BCUT2D eigenvalue weighted by molar-refractivity contribution is 0.0984. The SMILES string of the molecule is O=C(c1cccc(F)c1)N(Cc1ccccc1)c1ccccc1. The first-order chi connectivity index (χ1) is 11.2. The minimum Gasteiger partial charge on any atom is -0.304 e. The topological polar surface area (TPSA) is 20.3 Å². The van der Waals surface area contributed by atoms with E-state index in [2.05, 4.69) is 0 Å². The summed E-state index contributed by atoms with van der Waals surface area (Å²) in [5.41, 5.74) is 2.14. The smallest absolute Gasteiger partial charge is 0.258 e. The van der Waals surface area contributed by atoms with Crippen molar-refractivity contribution in [3.8, 4) is 0 Å². The highest BCUT2D eigenvalue weighted by molar-refractivity contribution is 6.06. The molecule has 0 spiro atoms. The number of carbonyl (C=O) groups is 1. The summed E-state index contributed by atoms with van der Waals surface area (Å²) in [5.74, 6) is -0.636. The molecule has 0 aliphatic carbocycles. The maximum absolute atomic E-state index is 13.4. The van der Waals surface area contributed by atoms with Crippen molar-refractivity contribution in [1.29, 1.82) is 0 Å². The van der Waals surface area contributed by atoms with Gasteiger partial charge in [0.05, 0.1) is 6.54 Å². The van der Waals surface area contributed by atoms with E-state index in [0.717, 1.165) is 11.3 Å². The van der Waals surface area contributed by atoms with Crippen molar-refractivity contribution in [3.05, 3.63) is 102 Å². The first-order valence-electron chi connectivity index (χ1n) is 7.40. The van der Waals surface area contributed by atoms with Gasteiger partial charge in [-0.25, -0.2) is 4.39 Å². The fraction of sp³-hybridized carbons (Fsp3) is 0.0500. The number of anilines is 1. The van der Waals surface area contributed by atoms with E-state index in [1.165, 1.54) is 12.1 Å². The number of hydrogen-bond acceptors (Lipinski definition) is 1. The van der Waals surface area contributed by atoms with E-state index in [1.54, 1.807) is 17.0 Å². The lowest BCUT2D eigenvalue weighted by atomic mass is 10.1. The van der Waals surface area contributed by atoms with E-state index in [-0.39, 0.29) is 5.91 Å². The Bertz CT molecular complexity index is 787. The number of hydrogen-bond donors (Lipinski definition) is 0. The summed E-state index contributed by atoms with van der Waals surface area (Å²) in [7, 11) is 0. The zero-order chi connectivity index (χ0) is 16.1. The molecule has 0 unspecified atom stereocenters. The van der Waals surface area contributed by atoms with Crippen molar-refractivity contribution in [2.75, 3.05) is 4.90 Å². The van der Waals surface area contributed by atoms with E-state index in [0.29, 0.717) is 12.1 Å². The van der Waals surface area contributed by atoms with Gasteiger partial charge in [-0.1, -0.05) is 54.6 Å². The number of para-hydroxylation sites is 1. The van der Waals surface area contributed by atoms with Crippen molar-refractivity contribution >= 4 is 11.6 Å². The van der Waals surface area contributed by atoms with Gasteiger partial charge in [0.2, 0.25) is 0 Å². The molecule has 1 amide bonds. The van der Waals surface area contributed by atoms with Crippen LogP contribution in [0.5, 0.6) is 0 Å². The third kappa shape index (κ3) is 3.64. The van der Waals surface area contributed by atoms with Gasteiger partial charge in [0.25, 0.3) is 5.91 Å². The molecule has 0 aliphatic heterocycles. The molecular formula is C20H16FNO. The van der Waals surface area contributed by atoms with Gasteiger partial charge in [0.15, 0.2) is 0 Å². The van der Waals surface area contributed by atoms with Crippen LogP contribution in [0.15, 0.2) is 84.9 Å². The quantitative estimate of drug-likeness (QED) is 0.686. The molecule has 0 aromatic heterocycles. The van der Waals surface area contributed by atoms with E-state index in [4.69, 9.17) is 0 Å². The molecule has 0 N–H and O–H groups in total. The lowest BCUT2D eigenvalue weighted by Gasteiger charge is -2.23. The molecule has 0 bridgehead atoms. The third-order valence-electron chi connectivity index (χ3n) is 3.57. The second-order valence-corrected chi connectivity index (χ2v) is 5.22. The van der Waals surface area contributed by atoms with Gasteiger partial charge >= 0.3 is 0 Å². The molecule has 114 valence electrons. The molecule has 23 heavy (non-hydrogen) atoms. The monoisotopic (exact) mass is 305 g/mol. The lowest BCUT2D eigenvalue weighted by Crippen LogP contribution is -2.30. The Morgan fingerprint density at radius 1 is 0.826 bits per heavy atom. The van der Waals surface area contributed by atoms with Gasteiger partial charge in [0.1, 0.15) is 5.82 Å². The molecule has 0 heterocycles. The van der Waals surface area contributed by atoms with Crippen LogP contribution in [0.4, 0.5) is 10.1 Å². The summed E-state index contributed by atoms with van der Waals surface area (Å²) >= 11 is 0. The standard InChI is InChI=1S/C20H16FNO/c21-18-11-7-10-17(14-18)20(23)22(19-12-5-2-6-13-19)15-16-8-3-1-4-9-16/h1-14H,15H2. The van der Waals surface area contributed by atoms with Crippen LogP contribution in [0.2, 0.25) is 0 Å². The van der Waals surface area contributed by atoms with Crippen LogP contribution in [0.1, 0.15) is 15.9 Å². The molecule has 0 atom stereocenters. The Balaban J connectivity index is 1.96. The Hall–Kier alpha value is -2.94. The Morgan fingerprint density at radius 2 is 1.48 bits per heavy atom. The predicted molar refractivity (Wildman–Crippen MR) is 89.8 cm³/mol. The molecule has 3 heteroatoms. The highest BCUT2D eigenvalue weighted by atomic mass is 19.1. The normalized spacial score (nSPS) is 10.3. The van der Waals surface area contributed by atoms with Crippen molar-refractivity contribution in [2.24, 2.45) is 0 Å². The van der Waals surface area contributed by atoms with Gasteiger partial charge < -0.3 is 4.90 Å². The highest BCUT2D eigenvalue weighted by Crippen LogP contribution is 2.20. The van der Waals surface area contributed by atoms with Crippen LogP contribution < -0.4 is 4.90 Å². The molecule has 3 aromatic rings. The summed E-state index contributed by atoms with van der Waals surface area (Å²) in [5, 5.41) is 0. The minimum absolute atomic E-state index is 0.223. The van der Waals surface area contributed by atoms with Gasteiger partial charge in [0, 0.05) is 11.3 Å².